The molecule has 3 fully saturated rings. The molecule has 3 unspecified atom stereocenters. The fourth-order valence-electron chi connectivity index (χ4n) is 4.50. The molecule has 2 aliphatic carbocycles. The summed E-state index contributed by atoms with van der Waals surface area (Å²) in [7, 11) is 0. The van der Waals surface area contributed by atoms with Crippen LogP contribution in [0, 0.1) is 23.7 Å². The van der Waals surface area contributed by atoms with Gasteiger partial charge in [0.2, 0.25) is 5.91 Å². The summed E-state index contributed by atoms with van der Waals surface area (Å²) in [4.78, 5) is 14.8. The Morgan fingerprint density at radius 1 is 1.15 bits per heavy atom. The number of carbonyl (C=O) groups excluding carboxylic acids is 1. The van der Waals surface area contributed by atoms with Crippen LogP contribution in [0.15, 0.2) is 0 Å². The molecule has 3 nitrogen and oxygen atoms in total. The maximum Gasteiger partial charge on any atom is 0.223 e. The van der Waals surface area contributed by atoms with E-state index in [1.54, 1.807) is 0 Å². The molecule has 0 radical (unpaired) electrons. The smallest absolute Gasteiger partial charge is 0.223 e. The van der Waals surface area contributed by atoms with Crippen LogP contribution in [0.3, 0.4) is 0 Å². The third-order valence-electron chi connectivity index (χ3n) is 5.90. The van der Waals surface area contributed by atoms with Gasteiger partial charge in [0.25, 0.3) is 0 Å². The Bertz CT molecular complexity index is 336. The van der Waals surface area contributed by atoms with Gasteiger partial charge in [0, 0.05) is 12.5 Å². The molecule has 2 bridgehead atoms. The first kappa shape index (κ1) is 14.4. The first-order valence-corrected chi connectivity index (χ1v) is 8.72. The van der Waals surface area contributed by atoms with Crippen LogP contribution in [0.2, 0.25) is 0 Å². The van der Waals surface area contributed by atoms with Gasteiger partial charge in [-0.3, -0.25) is 4.79 Å². The molecule has 2 saturated carbocycles. The Morgan fingerprint density at radius 2 is 1.95 bits per heavy atom. The van der Waals surface area contributed by atoms with Crippen LogP contribution in [0.25, 0.3) is 0 Å². The zero-order valence-electron chi connectivity index (χ0n) is 12.9. The molecule has 0 aromatic heterocycles. The first-order chi connectivity index (χ1) is 9.72. The Labute approximate surface area is 123 Å². The molecule has 3 atom stereocenters. The van der Waals surface area contributed by atoms with Crippen LogP contribution in [-0.2, 0) is 4.79 Å². The molecule has 1 aliphatic heterocycles. The highest BCUT2D eigenvalue weighted by Crippen LogP contribution is 2.48. The minimum atomic E-state index is 0.351. The van der Waals surface area contributed by atoms with Crippen LogP contribution >= 0.6 is 0 Å². The number of fused-ring (bicyclic) bond motifs is 2. The third-order valence-corrected chi connectivity index (χ3v) is 5.90. The van der Waals surface area contributed by atoms with E-state index >= 15 is 0 Å². The van der Waals surface area contributed by atoms with Crippen molar-refractivity contribution >= 4 is 5.91 Å². The van der Waals surface area contributed by atoms with E-state index in [2.05, 4.69) is 17.1 Å². The molecule has 3 aliphatic rings. The fraction of sp³-hybridized carbons (Fsp3) is 0.941. The van der Waals surface area contributed by atoms with Gasteiger partial charge in [-0.15, -0.1) is 0 Å². The number of rotatable bonds is 5. The van der Waals surface area contributed by atoms with Gasteiger partial charge in [-0.05, 0) is 75.9 Å². The van der Waals surface area contributed by atoms with Crippen LogP contribution < -0.4 is 5.32 Å². The lowest BCUT2D eigenvalue weighted by Crippen LogP contribution is -2.37. The molecule has 0 spiro atoms. The maximum atomic E-state index is 12.2. The van der Waals surface area contributed by atoms with Crippen molar-refractivity contribution in [3.8, 4) is 0 Å². The van der Waals surface area contributed by atoms with Crippen molar-refractivity contribution in [3.63, 3.8) is 0 Å². The molecular formula is C17H30N2O. The van der Waals surface area contributed by atoms with Crippen molar-refractivity contribution in [3.05, 3.63) is 0 Å². The first-order valence-electron chi connectivity index (χ1n) is 8.72. The van der Waals surface area contributed by atoms with E-state index < -0.39 is 0 Å². The molecule has 114 valence electrons. The van der Waals surface area contributed by atoms with Gasteiger partial charge < -0.3 is 10.2 Å². The van der Waals surface area contributed by atoms with Crippen molar-refractivity contribution in [2.75, 3.05) is 26.2 Å². The lowest BCUT2D eigenvalue weighted by Gasteiger charge is -2.30. The van der Waals surface area contributed by atoms with Gasteiger partial charge in [-0.1, -0.05) is 13.3 Å². The van der Waals surface area contributed by atoms with E-state index in [1.165, 1.54) is 51.6 Å². The zero-order valence-corrected chi connectivity index (χ0v) is 12.9. The van der Waals surface area contributed by atoms with Crippen molar-refractivity contribution in [1.82, 2.24) is 10.2 Å². The summed E-state index contributed by atoms with van der Waals surface area (Å²) in [6, 6.07) is 0. The van der Waals surface area contributed by atoms with Gasteiger partial charge in [-0.25, -0.2) is 0 Å². The average molecular weight is 278 g/mol. The Balaban J connectivity index is 1.29. The summed E-state index contributed by atoms with van der Waals surface area (Å²) in [5.74, 6) is 3.19. The molecule has 1 saturated heterocycles. The second-order valence-electron chi connectivity index (χ2n) is 7.45. The minimum absolute atomic E-state index is 0.351. The average Bonchev–Trinajstić information content (AvgIpc) is 3.08. The number of amides is 1. The third kappa shape index (κ3) is 3.36. The van der Waals surface area contributed by atoms with E-state index in [9.17, 15) is 4.79 Å². The lowest BCUT2D eigenvalue weighted by atomic mass is 9.88. The second-order valence-corrected chi connectivity index (χ2v) is 7.45. The molecule has 20 heavy (non-hydrogen) atoms. The number of piperidine rings is 1. The van der Waals surface area contributed by atoms with Gasteiger partial charge in [0.1, 0.15) is 0 Å². The Kier molecular flexibility index (Phi) is 4.65. The molecule has 3 heteroatoms. The van der Waals surface area contributed by atoms with Crippen LogP contribution in [0.5, 0.6) is 0 Å². The number of hydrogen-bond acceptors (Lipinski definition) is 2. The van der Waals surface area contributed by atoms with Crippen molar-refractivity contribution in [2.24, 2.45) is 23.7 Å². The highest BCUT2D eigenvalue weighted by Gasteiger charge is 2.42. The standard InChI is InChI=1S/C17H30N2O/c1-13-5-9-19(10-6-13)8-2-7-18-17(20)16-12-14-3-4-15(16)11-14/h13-16H,2-12H2,1H3,(H,18,20). The number of hydrogen-bond donors (Lipinski definition) is 1. The predicted octanol–water partition coefficient (Wildman–Crippen LogP) is 2.66. The van der Waals surface area contributed by atoms with Crippen LogP contribution in [0.1, 0.15) is 51.9 Å². The molecule has 1 N–H and O–H groups in total. The quantitative estimate of drug-likeness (QED) is 0.784. The zero-order chi connectivity index (χ0) is 13.9. The fourth-order valence-corrected chi connectivity index (χ4v) is 4.50. The van der Waals surface area contributed by atoms with Gasteiger partial charge in [0.15, 0.2) is 0 Å². The molecule has 0 aromatic rings. The van der Waals surface area contributed by atoms with E-state index in [0.717, 1.165) is 31.3 Å². The van der Waals surface area contributed by atoms with E-state index in [4.69, 9.17) is 0 Å². The normalized spacial score (nSPS) is 34.5. The second kappa shape index (κ2) is 6.46. The Morgan fingerprint density at radius 3 is 2.60 bits per heavy atom. The van der Waals surface area contributed by atoms with E-state index in [0.29, 0.717) is 17.7 Å². The maximum absolute atomic E-state index is 12.2. The van der Waals surface area contributed by atoms with E-state index in [-0.39, 0.29) is 0 Å². The SMILES string of the molecule is CC1CCN(CCCNC(=O)C2CC3CCC2C3)CC1. The van der Waals surface area contributed by atoms with Crippen LogP contribution in [0.4, 0.5) is 0 Å². The molecule has 1 amide bonds. The molecule has 3 rings (SSSR count). The largest absolute Gasteiger partial charge is 0.356 e. The molecule has 0 aromatic carbocycles. The van der Waals surface area contributed by atoms with Crippen molar-refractivity contribution in [1.29, 1.82) is 0 Å². The molecular weight excluding hydrogens is 248 g/mol. The highest BCUT2D eigenvalue weighted by atomic mass is 16.1. The summed E-state index contributed by atoms with van der Waals surface area (Å²) in [6.45, 7) is 6.89. The monoisotopic (exact) mass is 278 g/mol. The van der Waals surface area contributed by atoms with E-state index in [1.807, 2.05) is 0 Å². The van der Waals surface area contributed by atoms with Gasteiger partial charge in [-0.2, -0.15) is 0 Å². The minimum Gasteiger partial charge on any atom is -0.356 e. The van der Waals surface area contributed by atoms with Crippen molar-refractivity contribution < 1.29 is 4.79 Å². The van der Waals surface area contributed by atoms with Gasteiger partial charge >= 0.3 is 0 Å². The summed E-state index contributed by atoms with van der Waals surface area (Å²) < 4.78 is 0. The van der Waals surface area contributed by atoms with Gasteiger partial charge in [0.05, 0.1) is 0 Å². The van der Waals surface area contributed by atoms with Crippen LogP contribution in [-0.4, -0.2) is 37.0 Å². The summed E-state index contributed by atoms with van der Waals surface area (Å²) >= 11 is 0. The summed E-state index contributed by atoms with van der Waals surface area (Å²) in [5, 5.41) is 3.19. The number of likely N-dealkylation sites (tertiary alicyclic amines) is 1. The van der Waals surface area contributed by atoms with Crippen molar-refractivity contribution in [2.45, 2.75) is 51.9 Å². The highest BCUT2D eigenvalue weighted by molar-refractivity contribution is 5.79. The topological polar surface area (TPSA) is 32.3 Å². The summed E-state index contributed by atoms with van der Waals surface area (Å²) in [6.07, 6.45) is 8.97. The number of nitrogens with zero attached hydrogens (tertiary/aromatic N) is 1. The lowest BCUT2D eigenvalue weighted by molar-refractivity contribution is -0.126. The number of carbonyl (C=O) groups is 1. The predicted molar refractivity (Wildman–Crippen MR) is 81.4 cm³/mol. The number of nitrogens with one attached hydrogen (secondary N) is 1. The summed E-state index contributed by atoms with van der Waals surface area (Å²) in [5.41, 5.74) is 0. The Hall–Kier alpha value is -0.570. The molecule has 1 heterocycles.